The van der Waals surface area contributed by atoms with Crippen molar-refractivity contribution in [1.82, 2.24) is 0 Å². The highest BCUT2D eigenvalue weighted by Crippen LogP contribution is 2.63. The minimum atomic E-state index is -1.59. The highest BCUT2D eigenvalue weighted by atomic mass is 28.4. The van der Waals surface area contributed by atoms with Crippen LogP contribution < -0.4 is 0 Å². The van der Waals surface area contributed by atoms with Crippen molar-refractivity contribution in [2.75, 3.05) is 0 Å². The molecule has 0 bridgehead atoms. The van der Waals surface area contributed by atoms with E-state index in [0.29, 0.717) is 23.5 Å². The first kappa shape index (κ1) is 21.4. The standard InChI is InChI=1S/C21H42O2Si2/c1-16-11-12-18(22-24(5,6)7)21(4)15-17(21)19(23-25(8,9)10)20(2,3)14-13-16/h13,17-19H,11-12,14-15H2,1-10H3/b16-13+/t17-,18+,19+,21-/m1/s1. The van der Waals surface area contributed by atoms with Crippen molar-refractivity contribution in [3.63, 3.8) is 0 Å². The molecule has 0 aromatic heterocycles. The van der Waals surface area contributed by atoms with Gasteiger partial charge in [0.1, 0.15) is 0 Å². The van der Waals surface area contributed by atoms with Gasteiger partial charge in [-0.2, -0.15) is 0 Å². The van der Waals surface area contributed by atoms with E-state index in [1.807, 2.05) is 0 Å². The van der Waals surface area contributed by atoms with Gasteiger partial charge < -0.3 is 8.85 Å². The monoisotopic (exact) mass is 382 g/mol. The van der Waals surface area contributed by atoms with Crippen molar-refractivity contribution >= 4 is 16.6 Å². The first-order valence-electron chi connectivity index (χ1n) is 10.2. The summed E-state index contributed by atoms with van der Waals surface area (Å²) in [5.41, 5.74) is 2.00. The Morgan fingerprint density at radius 2 is 1.52 bits per heavy atom. The lowest BCUT2D eigenvalue weighted by Gasteiger charge is -2.41. The van der Waals surface area contributed by atoms with Gasteiger partial charge in [0, 0.05) is 0 Å². The van der Waals surface area contributed by atoms with Gasteiger partial charge in [-0.15, -0.1) is 0 Å². The summed E-state index contributed by atoms with van der Waals surface area (Å²) in [7, 11) is -3.14. The topological polar surface area (TPSA) is 18.5 Å². The third kappa shape index (κ3) is 5.54. The maximum atomic E-state index is 6.82. The molecular weight excluding hydrogens is 340 g/mol. The summed E-state index contributed by atoms with van der Waals surface area (Å²) < 4.78 is 13.6. The minimum Gasteiger partial charge on any atom is -0.414 e. The maximum Gasteiger partial charge on any atom is 0.184 e. The Morgan fingerprint density at radius 1 is 0.960 bits per heavy atom. The number of hydrogen-bond acceptors (Lipinski definition) is 2. The van der Waals surface area contributed by atoms with Crippen LogP contribution in [0.5, 0.6) is 0 Å². The normalized spacial score (nSPS) is 38.5. The molecule has 0 heterocycles. The highest BCUT2D eigenvalue weighted by Gasteiger charge is 2.62. The van der Waals surface area contributed by atoms with E-state index in [0.717, 1.165) is 6.42 Å². The lowest BCUT2D eigenvalue weighted by atomic mass is 9.76. The SMILES string of the molecule is C/C1=C\CC(C)(C)[C@@H](O[Si](C)(C)C)[C@H]2C[C@@]2(C)[C@@H](O[Si](C)(C)C)CC1. The summed E-state index contributed by atoms with van der Waals surface area (Å²) in [6.45, 7) is 23.6. The van der Waals surface area contributed by atoms with E-state index in [1.165, 1.54) is 24.8 Å². The molecule has 0 aromatic carbocycles. The first-order chi connectivity index (χ1) is 11.1. The quantitative estimate of drug-likeness (QED) is 0.402. The van der Waals surface area contributed by atoms with Crippen molar-refractivity contribution in [1.29, 1.82) is 0 Å². The maximum absolute atomic E-state index is 6.82. The molecule has 2 nitrogen and oxygen atoms in total. The predicted octanol–water partition coefficient (Wildman–Crippen LogP) is 6.61. The third-order valence-electron chi connectivity index (χ3n) is 5.97. The van der Waals surface area contributed by atoms with Gasteiger partial charge in [0.15, 0.2) is 16.6 Å². The molecule has 4 heteroatoms. The Morgan fingerprint density at radius 3 is 2.04 bits per heavy atom. The van der Waals surface area contributed by atoms with Crippen LogP contribution in [-0.2, 0) is 8.85 Å². The molecule has 0 spiro atoms. The molecular formula is C21H42O2Si2. The Kier molecular flexibility index (Phi) is 5.92. The molecule has 146 valence electrons. The lowest BCUT2D eigenvalue weighted by Crippen LogP contribution is -2.45. The fraction of sp³-hybridized carbons (Fsp3) is 0.905. The summed E-state index contributed by atoms with van der Waals surface area (Å²) in [5, 5.41) is 0. The van der Waals surface area contributed by atoms with Gasteiger partial charge in [0.2, 0.25) is 0 Å². The van der Waals surface area contributed by atoms with Gasteiger partial charge in [-0.25, -0.2) is 0 Å². The smallest absolute Gasteiger partial charge is 0.184 e. The molecule has 0 unspecified atom stereocenters. The van der Waals surface area contributed by atoms with Crippen molar-refractivity contribution in [2.24, 2.45) is 16.7 Å². The molecule has 0 N–H and O–H groups in total. The van der Waals surface area contributed by atoms with Gasteiger partial charge in [0.05, 0.1) is 12.2 Å². The van der Waals surface area contributed by atoms with Gasteiger partial charge in [-0.3, -0.25) is 0 Å². The molecule has 1 saturated carbocycles. The van der Waals surface area contributed by atoms with Crippen LogP contribution in [0.1, 0.15) is 53.4 Å². The number of fused-ring (bicyclic) bond motifs is 1. The van der Waals surface area contributed by atoms with Crippen molar-refractivity contribution in [3.8, 4) is 0 Å². The second-order valence-corrected chi connectivity index (χ2v) is 20.4. The van der Waals surface area contributed by atoms with Crippen LogP contribution in [0.2, 0.25) is 39.3 Å². The molecule has 0 amide bonds. The van der Waals surface area contributed by atoms with Crippen molar-refractivity contribution in [2.45, 2.75) is 105 Å². The highest BCUT2D eigenvalue weighted by molar-refractivity contribution is 6.70. The Balaban J connectivity index is 2.36. The van der Waals surface area contributed by atoms with Crippen LogP contribution in [0.25, 0.3) is 0 Å². The van der Waals surface area contributed by atoms with Crippen LogP contribution in [0.15, 0.2) is 11.6 Å². The molecule has 0 aliphatic heterocycles. The van der Waals surface area contributed by atoms with E-state index >= 15 is 0 Å². The predicted molar refractivity (Wildman–Crippen MR) is 114 cm³/mol. The van der Waals surface area contributed by atoms with E-state index < -0.39 is 16.6 Å². The van der Waals surface area contributed by atoms with Crippen LogP contribution in [0.4, 0.5) is 0 Å². The van der Waals surface area contributed by atoms with Crippen LogP contribution in [-0.4, -0.2) is 28.8 Å². The van der Waals surface area contributed by atoms with Gasteiger partial charge >= 0.3 is 0 Å². The van der Waals surface area contributed by atoms with Crippen LogP contribution in [0.3, 0.4) is 0 Å². The average molecular weight is 383 g/mol. The molecule has 0 saturated heterocycles. The van der Waals surface area contributed by atoms with E-state index in [1.54, 1.807) is 0 Å². The molecule has 0 radical (unpaired) electrons. The van der Waals surface area contributed by atoms with E-state index in [9.17, 15) is 0 Å². The van der Waals surface area contributed by atoms with Gasteiger partial charge in [-0.05, 0) is 88.6 Å². The molecule has 4 atom stereocenters. The zero-order valence-electron chi connectivity index (χ0n) is 18.5. The van der Waals surface area contributed by atoms with E-state index in [2.05, 4.69) is 73.1 Å². The first-order valence-corrected chi connectivity index (χ1v) is 17.0. The number of rotatable bonds is 4. The van der Waals surface area contributed by atoms with Crippen LogP contribution >= 0.6 is 0 Å². The van der Waals surface area contributed by atoms with Crippen LogP contribution in [0, 0.1) is 16.7 Å². The Hall–Kier alpha value is 0.0938. The molecule has 0 aromatic rings. The third-order valence-corrected chi connectivity index (χ3v) is 7.92. The van der Waals surface area contributed by atoms with Crippen molar-refractivity contribution in [3.05, 3.63) is 11.6 Å². The fourth-order valence-corrected chi connectivity index (χ4v) is 6.86. The average Bonchev–Trinajstić information content (AvgIpc) is 3.08. The zero-order valence-corrected chi connectivity index (χ0v) is 20.5. The second-order valence-electron chi connectivity index (χ2n) is 11.5. The summed E-state index contributed by atoms with van der Waals surface area (Å²) in [5.74, 6) is 0.641. The van der Waals surface area contributed by atoms with E-state index in [-0.39, 0.29) is 5.41 Å². The van der Waals surface area contributed by atoms with Crippen molar-refractivity contribution < 1.29 is 8.85 Å². The number of hydrogen-bond donors (Lipinski definition) is 0. The summed E-state index contributed by atoms with van der Waals surface area (Å²) in [4.78, 5) is 0. The Labute approximate surface area is 159 Å². The molecule has 2 aliphatic carbocycles. The molecule has 1 fully saturated rings. The molecule has 25 heavy (non-hydrogen) atoms. The summed E-state index contributed by atoms with van der Waals surface area (Å²) in [6.07, 6.45) is 7.93. The fourth-order valence-electron chi connectivity index (χ4n) is 4.37. The Bertz CT molecular complexity index is 513. The molecule has 2 aliphatic rings. The second kappa shape index (κ2) is 6.92. The largest absolute Gasteiger partial charge is 0.414 e. The summed E-state index contributed by atoms with van der Waals surface area (Å²) in [6, 6.07) is 0. The van der Waals surface area contributed by atoms with Gasteiger partial charge in [0.25, 0.3) is 0 Å². The van der Waals surface area contributed by atoms with E-state index in [4.69, 9.17) is 8.85 Å². The summed E-state index contributed by atoms with van der Waals surface area (Å²) >= 11 is 0. The lowest BCUT2D eigenvalue weighted by molar-refractivity contribution is 0.0151. The molecule has 2 rings (SSSR count). The minimum absolute atomic E-state index is 0.186. The van der Waals surface area contributed by atoms with Gasteiger partial charge in [-0.1, -0.05) is 32.4 Å². The zero-order chi connectivity index (χ0) is 19.3. The number of allylic oxidation sites excluding steroid dienone is 2.